The average Bonchev–Trinajstić information content (AvgIpc) is 2.49. The quantitative estimate of drug-likeness (QED) is 0.613. The third-order valence-electron chi connectivity index (χ3n) is 3.44. The summed E-state index contributed by atoms with van der Waals surface area (Å²) in [5.41, 5.74) is -0.582. The molecule has 0 atom stereocenters. The number of alkyl halides is 3. The van der Waals surface area contributed by atoms with Gasteiger partial charge in [-0.15, -0.1) is 0 Å². The summed E-state index contributed by atoms with van der Waals surface area (Å²) in [6.07, 6.45) is -2.33. The summed E-state index contributed by atoms with van der Waals surface area (Å²) in [5, 5.41) is 0.0200. The molecule has 6 heteroatoms. The average molecular weight is 341 g/mol. The van der Waals surface area contributed by atoms with E-state index in [1.165, 1.54) is 6.07 Å². The minimum Gasteiger partial charge on any atom is -0.487 e. The zero-order valence-electron chi connectivity index (χ0n) is 14.1. The zero-order valence-corrected chi connectivity index (χ0v) is 14.1. The largest absolute Gasteiger partial charge is 0.487 e. The number of benzene rings is 1. The van der Waals surface area contributed by atoms with Crippen molar-refractivity contribution in [3.63, 3.8) is 0 Å². The van der Waals surface area contributed by atoms with Crippen LogP contribution in [-0.2, 0) is 6.18 Å². The van der Waals surface area contributed by atoms with Crippen molar-refractivity contribution < 1.29 is 22.6 Å². The minimum absolute atomic E-state index is 0.0200. The summed E-state index contributed by atoms with van der Waals surface area (Å²) in [6.45, 7) is 5.70. The monoisotopic (exact) mass is 341 g/mol. The van der Waals surface area contributed by atoms with Gasteiger partial charge in [-0.2, -0.15) is 13.2 Å². The molecule has 0 bridgehead atoms. The molecule has 2 aromatic rings. The second-order valence-electron chi connectivity index (χ2n) is 5.86. The first-order valence-electron chi connectivity index (χ1n) is 8.14. The van der Waals surface area contributed by atoms with Gasteiger partial charge in [0.1, 0.15) is 5.56 Å². The zero-order chi connectivity index (χ0) is 17.7. The van der Waals surface area contributed by atoms with Crippen LogP contribution in [-0.4, -0.2) is 17.7 Å². The molecule has 0 N–H and O–H groups in total. The molecule has 1 aromatic heterocycles. The van der Waals surface area contributed by atoms with Gasteiger partial charge in [0.25, 0.3) is 5.88 Å². The number of rotatable bonds is 7. The second-order valence-corrected chi connectivity index (χ2v) is 5.86. The van der Waals surface area contributed by atoms with E-state index in [1.807, 2.05) is 6.92 Å². The molecule has 132 valence electrons. The molecule has 0 aliphatic rings. The van der Waals surface area contributed by atoms with Crippen LogP contribution in [0.3, 0.4) is 0 Å². The smallest absolute Gasteiger partial charge is 0.420 e. The Kier molecular flexibility index (Phi) is 5.91. The van der Waals surface area contributed by atoms with Crippen molar-refractivity contribution >= 4 is 10.9 Å². The fourth-order valence-electron chi connectivity index (χ4n) is 2.42. The maximum Gasteiger partial charge on any atom is 0.420 e. The Hall–Kier alpha value is -1.98. The number of hydrogen-bond donors (Lipinski definition) is 0. The lowest BCUT2D eigenvalue weighted by Gasteiger charge is -2.20. The van der Waals surface area contributed by atoms with Gasteiger partial charge in [0.2, 0.25) is 0 Å². The Morgan fingerprint density at radius 1 is 1.12 bits per heavy atom. The van der Waals surface area contributed by atoms with Crippen LogP contribution in [0.25, 0.3) is 10.9 Å². The molecule has 1 heterocycles. The summed E-state index contributed by atoms with van der Waals surface area (Å²) < 4.78 is 52.1. The topological polar surface area (TPSA) is 31.4 Å². The predicted molar refractivity (Wildman–Crippen MR) is 87.5 cm³/mol. The summed E-state index contributed by atoms with van der Waals surface area (Å²) in [6, 6.07) is 6.15. The molecule has 2 rings (SSSR count). The number of para-hydroxylation sites is 1. The highest BCUT2D eigenvalue weighted by Crippen LogP contribution is 2.45. The first-order chi connectivity index (χ1) is 11.3. The van der Waals surface area contributed by atoms with Gasteiger partial charge in [-0.05, 0) is 26.3 Å². The van der Waals surface area contributed by atoms with Crippen molar-refractivity contribution in [1.29, 1.82) is 0 Å². The Morgan fingerprint density at radius 2 is 1.83 bits per heavy atom. The van der Waals surface area contributed by atoms with Crippen LogP contribution >= 0.6 is 0 Å². The van der Waals surface area contributed by atoms with Crippen molar-refractivity contribution in [2.45, 2.75) is 52.3 Å². The van der Waals surface area contributed by atoms with Gasteiger partial charge < -0.3 is 9.47 Å². The summed E-state index contributed by atoms with van der Waals surface area (Å²) in [7, 11) is 0. The number of hydrogen-bond acceptors (Lipinski definition) is 3. The number of fused-ring (bicyclic) bond motifs is 1. The van der Waals surface area contributed by atoms with Gasteiger partial charge in [-0.25, -0.2) is 4.98 Å². The molecule has 24 heavy (non-hydrogen) atoms. The number of unbranched alkanes of at least 4 members (excludes halogenated alkanes) is 2. The van der Waals surface area contributed by atoms with Crippen molar-refractivity contribution in [2.24, 2.45) is 0 Å². The molecule has 0 aliphatic carbocycles. The van der Waals surface area contributed by atoms with Crippen molar-refractivity contribution in [2.75, 3.05) is 6.61 Å². The van der Waals surface area contributed by atoms with Crippen LogP contribution in [0.4, 0.5) is 13.2 Å². The van der Waals surface area contributed by atoms with Crippen LogP contribution in [0.5, 0.6) is 11.6 Å². The number of aromatic nitrogens is 1. The maximum absolute atomic E-state index is 13.7. The molecule has 0 amide bonds. The Bertz CT molecular complexity index is 684. The van der Waals surface area contributed by atoms with E-state index in [2.05, 4.69) is 4.98 Å². The summed E-state index contributed by atoms with van der Waals surface area (Å²) in [5.74, 6) is -0.418. The van der Waals surface area contributed by atoms with E-state index >= 15 is 0 Å². The van der Waals surface area contributed by atoms with E-state index in [-0.39, 0.29) is 35.2 Å². The Labute approximate surface area is 139 Å². The summed E-state index contributed by atoms with van der Waals surface area (Å²) in [4.78, 5) is 4.24. The predicted octanol–water partition coefficient (Wildman–Crippen LogP) is 5.61. The van der Waals surface area contributed by atoms with E-state index < -0.39 is 11.7 Å². The molecule has 0 saturated heterocycles. The highest BCUT2D eigenvalue weighted by molar-refractivity contribution is 5.86. The van der Waals surface area contributed by atoms with Gasteiger partial charge in [-0.3, -0.25) is 0 Å². The standard InChI is InChI=1S/C18H22F3NO2/c1-4-5-8-11-23-16-15(18(19,20)21)13-9-6-7-10-14(13)22-17(16)24-12(2)3/h6-7,9-10,12H,4-5,8,11H2,1-3H3. The number of halogens is 3. The van der Waals surface area contributed by atoms with E-state index in [0.717, 1.165) is 12.8 Å². The van der Waals surface area contributed by atoms with Crippen molar-refractivity contribution in [1.82, 2.24) is 4.98 Å². The second kappa shape index (κ2) is 7.73. The fourth-order valence-corrected chi connectivity index (χ4v) is 2.42. The molecule has 0 unspecified atom stereocenters. The van der Waals surface area contributed by atoms with E-state index in [1.54, 1.807) is 32.0 Å². The lowest BCUT2D eigenvalue weighted by molar-refractivity contribution is -0.137. The number of pyridine rings is 1. The van der Waals surface area contributed by atoms with Gasteiger partial charge in [0, 0.05) is 5.39 Å². The SMILES string of the molecule is CCCCCOc1c(OC(C)C)nc2ccccc2c1C(F)(F)F. The molecule has 3 nitrogen and oxygen atoms in total. The van der Waals surface area contributed by atoms with Crippen molar-refractivity contribution in [3.8, 4) is 11.6 Å². The fraction of sp³-hybridized carbons (Fsp3) is 0.500. The Morgan fingerprint density at radius 3 is 2.46 bits per heavy atom. The normalized spacial score (nSPS) is 12.0. The first-order valence-corrected chi connectivity index (χ1v) is 8.14. The van der Waals surface area contributed by atoms with Crippen LogP contribution in [0.1, 0.15) is 45.6 Å². The highest BCUT2D eigenvalue weighted by atomic mass is 19.4. The third-order valence-corrected chi connectivity index (χ3v) is 3.44. The summed E-state index contributed by atoms with van der Waals surface area (Å²) >= 11 is 0. The van der Waals surface area contributed by atoms with Gasteiger partial charge in [0.15, 0.2) is 5.75 Å². The van der Waals surface area contributed by atoms with Crippen molar-refractivity contribution in [3.05, 3.63) is 29.8 Å². The van der Waals surface area contributed by atoms with E-state index in [4.69, 9.17) is 9.47 Å². The lowest BCUT2D eigenvalue weighted by Crippen LogP contribution is -2.15. The van der Waals surface area contributed by atoms with Gasteiger partial charge >= 0.3 is 6.18 Å². The third kappa shape index (κ3) is 4.30. The first kappa shape index (κ1) is 18.4. The van der Waals surface area contributed by atoms with Crippen LogP contribution in [0.15, 0.2) is 24.3 Å². The molecule has 0 radical (unpaired) electrons. The molecular weight excluding hydrogens is 319 g/mol. The minimum atomic E-state index is -4.56. The Balaban J connectivity index is 2.58. The molecule has 0 saturated carbocycles. The van der Waals surface area contributed by atoms with E-state index in [0.29, 0.717) is 6.42 Å². The van der Waals surface area contributed by atoms with Crippen LogP contribution < -0.4 is 9.47 Å². The molecule has 0 spiro atoms. The maximum atomic E-state index is 13.7. The van der Waals surface area contributed by atoms with Crippen LogP contribution in [0, 0.1) is 0 Å². The molecule has 0 aliphatic heterocycles. The highest BCUT2D eigenvalue weighted by Gasteiger charge is 2.39. The van der Waals surface area contributed by atoms with E-state index in [9.17, 15) is 13.2 Å². The van der Waals surface area contributed by atoms with Gasteiger partial charge in [0.05, 0.1) is 18.2 Å². The number of ether oxygens (including phenoxy) is 2. The lowest BCUT2D eigenvalue weighted by atomic mass is 10.1. The molecular formula is C18H22F3NO2. The van der Waals surface area contributed by atoms with Gasteiger partial charge in [-0.1, -0.05) is 38.0 Å². The number of nitrogens with zero attached hydrogens (tertiary/aromatic N) is 1. The molecule has 1 aromatic carbocycles. The molecule has 0 fully saturated rings. The van der Waals surface area contributed by atoms with Crippen LogP contribution in [0.2, 0.25) is 0 Å².